The average molecular weight is 549 g/mol. The van der Waals surface area contributed by atoms with Gasteiger partial charge in [-0.15, -0.1) is 0 Å². The van der Waals surface area contributed by atoms with Crippen LogP contribution in [0.3, 0.4) is 0 Å². The Hall–Kier alpha value is -3.35. The molecule has 0 spiro atoms. The summed E-state index contributed by atoms with van der Waals surface area (Å²) in [5, 5.41) is 7.03. The number of carbonyl (C=O) groups is 2. The Morgan fingerprint density at radius 3 is 2.34 bits per heavy atom. The number of rotatable bonds is 5. The second-order valence-electron chi connectivity index (χ2n) is 8.48. The lowest BCUT2D eigenvalue weighted by Gasteiger charge is -2.35. The summed E-state index contributed by atoms with van der Waals surface area (Å²) >= 11 is 9.62. The van der Waals surface area contributed by atoms with Crippen LogP contribution in [0, 0.1) is 0 Å². The SMILES string of the molecule is CC1=C(C(=O)Nc2ccc(Br)cc2)C(c2ccc(Cl)cc2)C(C(=O)c2ccccc2)=C2NCCN12. The zero-order chi connectivity index (χ0) is 24.5. The minimum absolute atomic E-state index is 0.110. The van der Waals surface area contributed by atoms with Crippen LogP contribution in [-0.2, 0) is 4.79 Å². The van der Waals surface area contributed by atoms with Crippen LogP contribution in [0.5, 0.6) is 0 Å². The van der Waals surface area contributed by atoms with Gasteiger partial charge in [0.25, 0.3) is 5.91 Å². The summed E-state index contributed by atoms with van der Waals surface area (Å²) in [6, 6.07) is 24.0. The smallest absolute Gasteiger partial charge is 0.254 e. The quantitative estimate of drug-likeness (QED) is 0.378. The molecule has 176 valence electrons. The van der Waals surface area contributed by atoms with E-state index in [9.17, 15) is 9.59 Å². The van der Waals surface area contributed by atoms with Crippen molar-refractivity contribution in [1.29, 1.82) is 0 Å². The van der Waals surface area contributed by atoms with Crippen molar-refractivity contribution in [3.63, 3.8) is 0 Å². The van der Waals surface area contributed by atoms with E-state index < -0.39 is 5.92 Å². The second-order valence-corrected chi connectivity index (χ2v) is 9.83. The van der Waals surface area contributed by atoms with Gasteiger partial charge in [-0.05, 0) is 48.9 Å². The molecular formula is C28H23BrClN3O2. The Kier molecular flexibility index (Phi) is 6.50. The minimum atomic E-state index is -0.563. The number of amides is 1. The van der Waals surface area contributed by atoms with Gasteiger partial charge in [0.2, 0.25) is 0 Å². The first-order valence-electron chi connectivity index (χ1n) is 11.3. The van der Waals surface area contributed by atoms with Crippen LogP contribution in [-0.4, -0.2) is 29.7 Å². The standard InChI is InChI=1S/C28H23BrClN3O2/c1-17-23(28(35)32-22-13-9-20(29)10-14-22)24(18-7-11-21(30)12-8-18)25(27-31-15-16-33(17)27)26(34)19-5-3-2-4-6-19/h2-14,24,31H,15-16H2,1H3,(H,32,35). The molecule has 0 aliphatic carbocycles. The molecule has 0 radical (unpaired) electrons. The van der Waals surface area contributed by atoms with E-state index in [2.05, 4.69) is 26.6 Å². The van der Waals surface area contributed by atoms with Crippen LogP contribution >= 0.6 is 27.5 Å². The van der Waals surface area contributed by atoms with Crippen molar-refractivity contribution in [3.8, 4) is 0 Å². The number of Topliss-reactive ketones (excluding diaryl/α,β-unsaturated/α-hetero) is 1. The number of allylic oxidation sites excluding steroid dienone is 2. The van der Waals surface area contributed by atoms with Gasteiger partial charge in [0.05, 0.1) is 5.57 Å². The molecule has 35 heavy (non-hydrogen) atoms. The van der Waals surface area contributed by atoms with Gasteiger partial charge < -0.3 is 15.5 Å². The maximum Gasteiger partial charge on any atom is 0.254 e. The minimum Gasteiger partial charge on any atom is -0.369 e. The van der Waals surface area contributed by atoms with E-state index >= 15 is 0 Å². The molecule has 2 heterocycles. The lowest BCUT2D eigenvalue weighted by atomic mass is 9.77. The number of halogens is 2. The number of benzene rings is 3. The molecule has 0 bridgehead atoms. The molecule has 2 aliphatic rings. The van der Waals surface area contributed by atoms with Crippen molar-refractivity contribution < 1.29 is 9.59 Å². The zero-order valence-electron chi connectivity index (χ0n) is 19.0. The van der Waals surface area contributed by atoms with E-state index in [0.29, 0.717) is 40.5 Å². The van der Waals surface area contributed by atoms with Gasteiger partial charge in [-0.3, -0.25) is 9.59 Å². The van der Waals surface area contributed by atoms with Crippen molar-refractivity contribution in [1.82, 2.24) is 10.2 Å². The fourth-order valence-corrected chi connectivity index (χ4v) is 5.09. The fraction of sp³-hybridized carbons (Fsp3) is 0.143. The topological polar surface area (TPSA) is 61.4 Å². The van der Waals surface area contributed by atoms with Gasteiger partial charge in [-0.1, -0.05) is 70.0 Å². The first kappa shape index (κ1) is 23.4. The summed E-state index contributed by atoms with van der Waals surface area (Å²) in [4.78, 5) is 29.8. The van der Waals surface area contributed by atoms with Gasteiger partial charge >= 0.3 is 0 Å². The lowest BCUT2D eigenvalue weighted by molar-refractivity contribution is -0.113. The van der Waals surface area contributed by atoms with Gasteiger partial charge in [-0.2, -0.15) is 0 Å². The molecular weight excluding hydrogens is 526 g/mol. The zero-order valence-corrected chi connectivity index (χ0v) is 21.4. The normalized spacial score (nSPS) is 17.2. The Balaban J connectivity index is 1.66. The predicted octanol–water partition coefficient (Wildman–Crippen LogP) is 6.11. The fourth-order valence-electron chi connectivity index (χ4n) is 4.70. The number of hydrogen-bond donors (Lipinski definition) is 2. The summed E-state index contributed by atoms with van der Waals surface area (Å²) in [5.74, 6) is -0.153. The number of fused-ring (bicyclic) bond motifs is 1. The Morgan fingerprint density at radius 2 is 1.66 bits per heavy atom. The van der Waals surface area contributed by atoms with Crippen LogP contribution in [0.4, 0.5) is 5.69 Å². The number of nitrogens with zero attached hydrogens (tertiary/aromatic N) is 1. The first-order chi connectivity index (χ1) is 16.9. The predicted molar refractivity (Wildman–Crippen MR) is 142 cm³/mol. The van der Waals surface area contributed by atoms with Gasteiger partial charge in [0.1, 0.15) is 5.82 Å². The largest absolute Gasteiger partial charge is 0.369 e. The molecule has 1 unspecified atom stereocenters. The van der Waals surface area contributed by atoms with Crippen molar-refractivity contribution >= 4 is 44.9 Å². The van der Waals surface area contributed by atoms with E-state index in [1.165, 1.54) is 0 Å². The molecule has 7 heteroatoms. The number of carbonyl (C=O) groups excluding carboxylic acids is 2. The average Bonchev–Trinajstić information content (AvgIpc) is 3.36. The molecule has 2 N–H and O–H groups in total. The molecule has 0 saturated carbocycles. The van der Waals surface area contributed by atoms with Crippen molar-refractivity contribution in [2.24, 2.45) is 0 Å². The van der Waals surface area contributed by atoms with Crippen LogP contribution < -0.4 is 10.6 Å². The van der Waals surface area contributed by atoms with Crippen LogP contribution in [0.1, 0.15) is 28.8 Å². The van der Waals surface area contributed by atoms with Crippen LogP contribution in [0.25, 0.3) is 0 Å². The molecule has 3 aromatic rings. The summed E-state index contributed by atoms with van der Waals surface area (Å²) in [5.41, 5.74) is 4.01. The van der Waals surface area contributed by atoms with Crippen LogP contribution in [0.2, 0.25) is 5.02 Å². The highest BCUT2D eigenvalue weighted by Crippen LogP contribution is 2.44. The Morgan fingerprint density at radius 1 is 0.971 bits per heavy atom. The molecule has 5 nitrogen and oxygen atoms in total. The third kappa shape index (κ3) is 4.51. The third-order valence-electron chi connectivity index (χ3n) is 6.36. The molecule has 0 aromatic heterocycles. The van der Waals surface area contributed by atoms with Gasteiger partial charge in [0, 0.05) is 51.0 Å². The summed E-state index contributed by atoms with van der Waals surface area (Å²) < 4.78 is 0.925. The number of anilines is 1. The van der Waals surface area contributed by atoms with E-state index in [-0.39, 0.29) is 11.7 Å². The van der Waals surface area contributed by atoms with Crippen LogP contribution in [0.15, 0.2) is 106 Å². The molecule has 1 atom stereocenters. The van der Waals surface area contributed by atoms with Gasteiger partial charge in [-0.25, -0.2) is 0 Å². The van der Waals surface area contributed by atoms with Crippen molar-refractivity contribution in [3.05, 3.63) is 122 Å². The van der Waals surface area contributed by atoms with Crippen molar-refractivity contribution in [2.45, 2.75) is 12.8 Å². The number of ketones is 1. The Labute approximate surface area is 217 Å². The van der Waals surface area contributed by atoms with E-state index in [0.717, 1.165) is 21.6 Å². The number of nitrogens with one attached hydrogen (secondary N) is 2. The second kappa shape index (κ2) is 9.72. The van der Waals surface area contributed by atoms with Gasteiger partial charge in [0.15, 0.2) is 5.78 Å². The maximum atomic E-state index is 14.0. The third-order valence-corrected chi connectivity index (χ3v) is 7.14. The molecule has 5 rings (SSSR count). The molecule has 3 aromatic carbocycles. The first-order valence-corrected chi connectivity index (χ1v) is 12.5. The maximum absolute atomic E-state index is 14.0. The number of hydrogen-bond acceptors (Lipinski definition) is 4. The molecule has 1 fully saturated rings. The summed E-state index contributed by atoms with van der Waals surface area (Å²) in [7, 11) is 0. The highest BCUT2D eigenvalue weighted by Gasteiger charge is 2.42. The highest BCUT2D eigenvalue weighted by molar-refractivity contribution is 9.10. The highest BCUT2D eigenvalue weighted by atomic mass is 79.9. The lowest BCUT2D eigenvalue weighted by Crippen LogP contribution is -2.36. The summed E-state index contributed by atoms with van der Waals surface area (Å²) in [6.07, 6.45) is 0. The van der Waals surface area contributed by atoms with Crippen molar-refractivity contribution in [2.75, 3.05) is 18.4 Å². The van der Waals surface area contributed by atoms with E-state index in [1.807, 2.05) is 66.4 Å². The molecule has 1 saturated heterocycles. The monoisotopic (exact) mass is 547 g/mol. The summed E-state index contributed by atoms with van der Waals surface area (Å²) in [6.45, 7) is 3.30. The van der Waals surface area contributed by atoms with E-state index in [4.69, 9.17) is 11.6 Å². The van der Waals surface area contributed by atoms with E-state index in [1.54, 1.807) is 24.3 Å². The molecule has 2 aliphatic heterocycles. The molecule has 1 amide bonds. The Bertz CT molecular complexity index is 1350.